The largest absolute Gasteiger partial charge is 0.443 e. The molecule has 2 aromatic rings. The number of nitrogens with zero attached hydrogens (tertiary/aromatic N) is 4. The van der Waals surface area contributed by atoms with Gasteiger partial charge in [0.25, 0.3) is 23.6 Å². The first-order chi connectivity index (χ1) is 26.3. The molecule has 2 fully saturated rings. The molecular weight excluding hydrogens is 726 g/mol. The molecule has 6 rings (SSSR count). The standard InChI is InChI=1S/C40H45N5O11/c1-39(2,3)55-37(53)44-31(47)18-16-28(35(44)51)42-20-25-22(10-7-12-23(25)33(42)49)11-8-15-30(46)41-27-14-9-13-24-26(27)21-43(34(24)50)29-17-19-32(48)45(36(29)52)38(54)56-40(4,5)6/h7,9-10,12-14,28-29H,8,11,15-21H2,1-6H3,(H,41,46). The number of nitrogens with one attached hydrogen (secondary N) is 1. The molecule has 0 radical (unpaired) electrons. The zero-order valence-electron chi connectivity index (χ0n) is 32.3. The molecule has 2 unspecified atom stereocenters. The topological polar surface area (TPSA) is 197 Å². The number of ether oxygens (including phenoxy) is 2. The van der Waals surface area contributed by atoms with Crippen molar-refractivity contribution in [3.63, 3.8) is 0 Å². The number of aryl methyl sites for hydroxylation is 1. The predicted octanol–water partition coefficient (Wildman–Crippen LogP) is 4.47. The number of carbonyl (C=O) groups is 9. The number of hydrogen-bond donors (Lipinski definition) is 1. The number of piperidine rings is 2. The van der Waals surface area contributed by atoms with Crippen molar-refractivity contribution in [3.05, 3.63) is 64.2 Å². The molecule has 16 nitrogen and oxygen atoms in total. The average molecular weight is 772 g/mol. The summed E-state index contributed by atoms with van der Waals surface area (Å²) in [5.74, 6) is -4.23. The van der Waals surface area contributed by atoms with E-state index in [2.05, 4.69) is 5.32 Å². The van der Waals surface area contributed by atoms with E-state index in [1.165, 1.54) is 9.80 Å². The fourth-order valence-electron chi connectivity index (χ4n) is 7.39. The Morgan fingerprint density at radius 1 is 0.679 bits per heavy atom. The molecule has 0 bridgehead atoms. The Morgan fingerprint density at radius 2 is 1.14 bits per heavy atom. The maximum Gasteiger partial charge on any atom is 0.424 e. The van der Waals surface area contributed by atoms with E-state index in [1.54, 1.807) is 71.9 Å². The molecule has 4 aliphatic heterocycles. The van der Waals surface area contributed by atoms with Gasteiger partial charge in [0.05, 0.1) is 0 Å². The van der Waals surface area contributed by atoms with Gasteiger partial charge in [0.2, 0.25) is 17.7 Å². The van der Waals surface area contributed by atoms with Crippen LogP contribution in [0.5, 0.6) is 0 Å². The number of benzene rings is 2. The second-order valence-corrected chi connectivity index (χ2v) is 16.2. The van der Waals surface area contributed by atoms with E-state index in [0.717, 1.165) is 5.56 Å². The zero-order chi connectivity index (χ0) is 40.9. The van der Waals surface area contributed by atoms with Gasteiger partial charge in [-0.15, -0.1) is 0 Å². The van der Waals surface area contributed by atoms with Gasteiger partial charge in [-0.25, -0.2) is 9.59 Å². The highest BCUT2D eigenvalue weighted by Gasteiger charge is 2.48. The smallest absolute Gasteiger partial charge is 0.424 e. The summed E-state index contributed by atoms with van der Waals surface area (Å²) in [5.41, 5.74) is 1.22. The van der Waals surface area contributed by atoms with Gasteiger partial charge in [0.1, 0.15) is 23.3 Å². The number of likely N-dealkylation sites (tertiary alicyclic amines) is 2. The molecule has 1 N–H and O–H groups in total. The summed E-state index contributed by atoms with van der Waals surface area (Å²) >= 11 is 0. The van der Waals surface area contributed by atoms with Gasteiger partial charge in [0, 0.05) is 54.7 Å². The first-order valence-electron chi connectivity index (χ1n) is 18.6. The van der Waals surface area contributed by atoms with Crippen LogP contribution in [0.2, 0.25) is 0 Å². The third kappa shape index (κ3) is 7.91. The Labute approximate surface area is 323 Å². The second kappa shape index (κ2) is 15.0. The summed E-state index contributed by atoms with van der Waals surface area (Å²) in [6.07, 6.45) is -1.41. The molecule has 9 amide bonds. The number of amides is 9. The fourth-order valence-corrected chi connectivity index (χ4v) is 7.39. The SMILES string of the molecule is CC(C)(C)OC(=O)N1C(=O)CCC(N2Cc3c(CCCC(=O)Nc4cccc5c4CN(C4CCC(=O)N(C(=O)OC(C)(C)C)C4=O)C5=O)cccc3C2=O)C1=O. The monoisotopic (exact) mass is 771 g/mol. The van der Waals surface area contributed by atoms with Gasteiger partial charge in [-0.1, -0.05) is 18.2 Å². The van der Waals surface area contributed by atoms with Gasteiger partial charge in [0.15, 0.2) is 0 Å². The van der Waals surface area contributed by atoms with Crippen molar-refractivity contribution in [3.8, 4) is 0 Å². The molecule has 56 heavy (non-hydrogen) atoms. The Balaban J connectivity index is 1.08. The lowest BCUT2D eigenvalue weighted by Crippen LogP contribution is -2.57. The molecule has 0 aromatic heterocycles. The molecule has 0 saturated carbocycles. The van der Waals surface area contributed by atoms with Crippen molar-refractivity contribution in [2.24, 2.45) is 0 Å². The molecule has 2 atom stereocenters. The van der Waals surface area contributed by atoms with E-state index < -0.39 is 70.9 Å². The zero-order valence-corrected chi connectivity index (χ0v) is 32.3. The minimum absolute atomic E-state index is 0.0226. The first kappa shape index (κ1) is 39.8. The Kier molecular flexibility index (Phi) is 10.6. The number of hydrogen-bond acceptors (Lipinski definition) is 11. The number of fused-ring (bicyclic) bond motifs is 2. The summed E-state index contributed by atoms with van der Waals surface area (Å²) in [6.45, 7) is 9.76. The van der Waals surface area contributed by atoms with E-state index in [1.807, 2.05) is 6.07 Å². The van der Waals surface area contributed by atoms with Crippen LogP contribution < -0.4 is 5.32 Å². The van der Waals surface area contributed by atoms with E-state index in [4.69, 9.17) is 9.47 Å². The summed E-state index contributed by atoms with van der Waals surface area (Å²) in [7, 11) is 0. The Hall–Kier alpha value is -5.93. The van der Waals surface area contributed by atoms with Gasteiger partial charge in [-0.3, -0.25) is 33.6 Å². The number of carbonyl (C=O) groups excluding carboxylic acids is 9. The number of rotatable bonds is 7. The quantitative estimate of drug-likeness (QED) is 0.390. The number of imide groups is 6. The highest BCUT2D eigenvalue weighted by Crippen LogP contribution is 2.35. The van der Waals surface area contributed by atoms with Crippen molar-refractivity contribution < 1.29 is 52.6 Å². The summed E-state index contributed by atoms with van der Waals surface area (Å²) < 4.78 is 10.5. The maximum atomic E-state index is 13.5. The normalized spacial score (nSPS) is 20.0. The van der Waals surface area contributed by atoms with Crippen LogP contribution in [0.3, 0.4) is 0 Å². The van der Waals surface area contributed by atoms with Gasteiger partial charge >= 0.3 is 12.2 Å². The van der Waals surface area contributed by atoms with E-state index in [9.17, 15) is 43.2 Å². The van der Waals surface area contributed by atoms with Crippen LogP contribution in [0.1, 0.15) is 117 Å². The van der Waals surface area contributed by atoms with Crippen molar-refractivity contribution in [1.29, 1.82) is 0 Å². The lowest BCUT2D eigenvalue weighted by molar-refractivity contribution is -0.152. The van der Waals surface area contributed by atoms with Crippen LogP contribution in [0.25, 0.3) is 0 Å². The Morgan fingerprint density at radius 3 is 1.64 bits per heavy atom. The molecule has 16 heteroatoms. The van der Waals surface area contributed by atoms with Crippen LogP contribution in [-0.4, -0.2) is 96.4 Å². The Bertz CT molecular complexity index is 2060. The third-order valence-corrected chi connectivity index (χ3v) is 9.89. The second-order valence-electron chi connectivity index (χ2n) is 16.2. The van der Waals surface area contributed by atoms with Crippen LogP contribution in [0.4, 0.5) is 15.3 Å². The third-order valence-electron chi connectivity index (χ3n) is 9.89. The molecule has 296 valence electrons. The fraction of sp³-hybridized carbons (Fsp3) is 0.475. The molecule has 4 aliphatic rings. The van der Waals surface area contributed by atoms with Crippen molar-refractivity contribution in [1.82, 2.24) is 19.6 Å². The maximum absolute atomic E-state index is 13.5. The van der Waals surface area contributed by atoms with E-state index >= 15 is 0 Å². The van der Waals surface area contributed by atoms with Gasteiger partial charge in [-0.2, -0.15) is 9.80 Å². The summed E-state index contributed by atoms with van der Waals surface area (Å²) in [6, 6.07) is 7.98. The summed E-state index contributed by atoms with van der Waals surface area (Å²) in [4.78, 5) is 121. The molecule has 0 aliphatic carbocycles. The lowest BCUT2D eigenvalue weighted by Gasteiger charge is -2.35. The molecule has 0 spiro atoms. The van der Waals surface area contributed by atoms with Crippen molar-refractivity contribution in [2.45, 2.75) is 123 Å². The highest BCUT2D eigenvalue weighted by atomic mass is 16.6. The minimum atomic E-state index is -1.10. The van der Waals surface area contributed by atoms with Gasteiger partial charge in [-0.05, 0) is 96.6 Å². The van der Waals surface area contributed by atoms with Crippen molar-refractivity contribution >= 4 is 59.2 Å². The van der Waals surface area contributed by atoms with Crippen LogP contribution in [0.15, 0.2) is 36.4 Å². The van der Waals surface area contributed by atoms with Crippen LogP contribution in [-0.2, 0) is 53.0 Å². The van der Waals surface area contributed by atoms with Crippen LogP contribution in [0, 0.1) is 0 Å². The molecule has 2 saturated heterocycles. The highest BCUT2D eigenvalue weighted by molar-refractivity contribution is 6.15. The molecule has 4 heterocycles. The average Bonchev–Trinajstić information content (AvgIpc) is 3.60. The first-order valence-corrected chi connectivity index (χ1v) is 18.6. The predicted molar refractivity (Wildman–Crippen MR) is 196 cm³/mol. The van der Waals surface area contributed by atoms with E-state index in [-0.39, 0.29) is 51.1 Å². The lowest BCUT2D eigenvalue weighted by atomic mass is 9.98. The van der Waals surface area contributed by atoms with Crippen molar-refractivity contribution in [2.75, 3.05) is 5.32 Å². The summed E-state index contributed by atoms with van der Waals surface area (Å²) in [5, 5.41) is 2.88. The minimum Gasteiger partial charge on any atom is -0.443 e. The van der Waals surface area contributed by atoms with E-state index in [0.29, 0.717) is 50.6 Å². The van der Waals surface area contributed by atoms with Gasteiger partial charge < -0.3 is 24.6 Å². The molecular formula is C40H45N5O11. The molecule has 2 aromatic carbocycles. The number of anilines is 1. The van der Waals surface area contributed by atoms with Crippen LogP contribution >= 0.6 is 0 Å².